The van der Waals surface area contributed by atoms with E-state index in [0.717, 1.165) is 0 Å². The van der Waals surface area contributed by atoms with Gasteiger partial charge in [0.25, 0.3) is 5.91 Å². The number of furan rings is 1. The maximum atomic E-state index is 12.3. The third kappa shape index (κ3) is 4.72. The van der Waals surface area contributed by atoms with Gasteiger partial charge in [-0.2, -0.15) is 5.26 Å². The molecular weight excluding hydrogens is 392 g/mol. The summed E-state index contributed by atoms with van der Waals surface area (Å²) < 4.78 is 5.71. The molecule has 3 aromatic rings. The number of nitriles is 1. The molecule has 0 unspecified atom stereocenters. The molecule has 2 aromatic carbocycles. The Morgan fingerprint density at radius 2 is 1.86 bits per heavy atom. The number of carbonyl (C=O) groups excluding carboxylic acids is 2. The van der Waals surface area contributed by atoms with Crippen molar-refractivity contribution in [3.8, 4) is 17.4 Å². The number of carbonyl (C=O) groups is 2. The highest BCUT2D eigenvalue weighted by atomic mass is 35.5. The van der Waals surface area contributed by atoms with E-state index in [-0.39, 0.29) is 11.1 Å². The standard InChI is InChI=1S/C22H15ClN2O4/c1-13-10-14(22(27)28)2-8-19(13)20-9-7-18(29-20)11-15(12-24)21(26)25-17-5-3-16(23)4-6-17/h2-11H,1H3,(H,25,26)(H,27,28)/p-1/b15-11-. The van der Waals surface area contributed by atoms with E-state index >= 15 is 0 Å². The highest BCUT2D eigenvalue weighted by Gasteiger charge is 2.12. The number of nitrogens with one attached hydrogen (secondary N) is 1. The van der Waals surface area contributed by atoms with Gasteiger partial charge in [0, 0.05) is 22.3 Å². The van der Waals surface area contributed by atoms with Crippen LogP contribution >= 0.6 is 11.6 Å². The zero-order valence-electron chi connectivity index (χ0n) is 15.2. The molecule has 0 aliphatic heterocycles. The number of rotatable bonds is 5. The molecule has 0 radical (unpaired) electrons. The molecule has 1 heterocycles. The number of hydrogen-bond acceptors (Lipinski definition) is 5. The molecule has 29 heavy (non-hydrogen) atoms. The summed E-state index contributed by atoms with van der Waals surface area (Å²) in [6.07, 6.45) is 1.33. The van der Waals surface area contributed by atoms with Crippen LogP contribution in [0.25, 0.3) is 17.4 Å². The van der Waals surface area contributed by atoms with Gasteiger partial charge in [0.15, 0.2) is 0 Å². The lowest BCUT2D eigenvalue weighted by Gasteiger charge is -2.07. The molecule has 0 fully saturated rings. The van der Waals surface area contributed by atoms with Crippen LogP contribution in [0.3, 0.4) is 0 Å². The van der Waals surface area contributed by atoms with Crippen LogP contribution in [0, 0.1) is 18.3 Å². The number of carboxylic acid groups (broad SMARTS) is 1. The first-order valence-corrected chi connectivity index (χ1v) is 8.86. The Kier molecular flexibility index (Phi) is 5.82. The van der Waals surface area contributed by atoms with Gasteiger partial charge in [0.05, 0.1) is 5.97 Å². The Labute approximate surface area is 171 Å². The molecule has 1 N–H and O–H groups in total. The quantitative estimate of drug-likeness (QED) is 0.513. The van der Waals surface area contributed by atoms with Crippen LogP contribution in [0.5, 0.6) is 0 Å². The van der Waals surface area contributed by atoms with E-state index in [4.69, 9.17) is 16.0 Å². The average Bonchev–Trinajstić information content (AvgIpc) is 3.16. The van der Waals surface area contributed by atoms with Crippen LogP contribution in [-0.2, 0) is 4.79 Å². The van der Waals surface area contributed by atoms with Gasteiger partial charge in [-0.25, -0.2) is 0 Å². The molecule has 1 amide bonds. The van der Waals surface area contributed by atoms with Crippen molar-refractivity contribution < 1.29 is 19.1 Å². The second kappa shape index (κ2) is 8.46. The molecule has 6 nitrogen and oxygen atoms in total. The Balaban J connectivity index is 1.82. The monoisotopic (exact) mass is 405 g/mol. The Morgan fingerprint density at radius 3 is 2.48 bits per heavy atom. The van der Waals surface area contributed by atoms with Crippen molar-refractivity contribution in [1.82, 2.24) is 0 Å². The first-order valence-electron chi connectivity index (χ1n) is 8.48. The molecule has 144 valence electrons. The summed E-state index contributed by atoms with van der Waals surface area (Å²) in [5.74, 6) is -1.05. The van der Waals surface area contributed by atoms with Crippen LogP contribution < -0.4 is 10.4 Å². The van der Waals surface area contributed by atoms with Crippen LogP contribution in [0.15, 0.2) is 64.6 Å². The minimum absolute atomic E-state index is 0.0727. The summed E-state index contributed by atoms with van der Waals surface area (Å²) in [5.41, 5.74) is 1.83. The molecule has 0 saturated heterocycles. The van der Waals surface area contributed by atoms with Gasteiger partial charge in [-0.3, -0.25) is 4.79 Å². The fourth-order valence-corrected chi connectivity index (χ4v) is 2.79. The lowest BCUT2D eigenvalue weighted by Crippen LogP contribution is -2.22. The minimum Gasteiger partial charge on any atom is -0.545 e. The number of nitrogens with zero attached hydrogens (tertiary/aromatic N) is 1. The van der Waals surface area contributed by atoms with Crippen LogP contribution in [-0.4, -0.2) is 11.9 Å². The molecule has 0 aliphatic rings. The summed E-state index contributed by atoms with van der Waals surface area (Å²) in [5, 5.41) is 23.4. The molecular formula is C22H14ClN2O4-. The highest BCUT2D eigenvalue weighted by molar-refractivity contribution is 6.30. The molecule has 3 rings (SSSR count). The predicted octanol–water partition coefficient (Wildman–Crippen LogP) is 3.82. The number of halogens is 1. The number of aryl methyl sites for hydroxylation is 1. The SMILES string of the molecule is Cc1cc(C(=O)[O-])ccc1-c1ccc(/C=C(/C#N)C(=O)Nc2ccc(Cl)cc2)o1. The Morgan fingerprint density at radius 1 is 1.14 bits per heavy atom. The zero-order chi connectivity index (χ0) is 21.0. The average molecular weight is 406 g/mol. The normalized spacial score (nSPS) is 11.0. The van der Waals surface area contributed by atoms with E-state index in [2.05, 4.69) is 5.32 Å². The van der Waals surface area contributed by atoms with E-state index in [1.807, 2.05) is 6.07 Å². The molecule has 1 aromatic heterocycles. The van der Waals surface area contributed by atoms with E-state index in [1.54, 1.807) is 49.4 Å². The van der Waals surface area contributed by atoms with E-state index in [1.165, 1.54) is 18.2 Å². The van der Waals surface area contributed by atoms with Crippen molar-refractivity contribution in [2.45, 2.75) is 6.92 Å². The van der Waals surface area contributed by atoms with E-state index in [9.17, 15) is 20.0 Å². The first-order chi connectivity index (χ1) is 13.9. The zero-order valence-corrected chi connectivity index (χ0v) is 16.0. The summed E-state index contributed by atoms with van der Waals surface area (Å²) in [4.78, 5) is 23.3. The summed E-state index contributed by atoms with van der Waals surface area (Å²) in [7, 11) is 0. The Hall–Kier alpha value is -3.82. The number of hydrogen-bond donors (Lipinski definition) is 1. The van der Waals surface area contributed by atoms with Gasteiger partial charge >= 0.3 is 0 Å². The smallest absolute Gasteiger partial charge is 0.266 e. The topological polar surface area (TPSA) is 106 Å². The molecule has 0 spiro atoms. The van der Waals surface area contributed by atoms with Gasteiger partial charge in [-0.15, -0.1) is 0 Å². The third-order valence-corrected chi connectivity index (χ3v) is 4.36. The van der Waals surface area contributed by atoms with E-state index in [0.29, 0.717) is 33.4 Å². The van der Waals surface area contributed by atoms with Gasteiger partial charge in [-0.1, -0.05) is 23.7 Å². The van der Waals surface area contributed by atoms with Crippen molar-refractivity contribution in [2.75, 3.05) is 5.32 Å². The number of aromatic carboxylic acids is 1. The van der Waals surface area contributed by atoms with Gasteiger partial charge in [0.1, 0.15) is 23.2 Å². The number of amides is 1. The third-order valence-electron chi connectivity index (χ3n) is 4.11. The summed E-state index contributed by atoms with van der Waals surface area (Å²) in [6, 6.07) is 16.2. The molecule has 0 saturated carbocycles. The second-order valence-corrected chi connectivity index (χ2v) is 6.59. The predicted molar refractivity (Wildman–Crippen MR) is 107 cm³/mol. The fraction of sp³-hybridized carbons (Fsp3) is 0.0455. The van der Waals surface area contributed by atoms with Crippen molar-refractivity contribution in [1.29, 1.82) is 5.26 Å². The fourth-order valence-electron chi connectivity index (χ4n) is 2.66. The Bertz CT molecular complexity index is 1150. The van der Waals surface area contributed by atoms with Crippen molar-refractivity contribution in [3.63, 3.8) is 0 Å². The van der Waals surface area contributed by atoms with Gasteiger partial charge in [-0.05, 0) is 60.5 Å². The van der Waals surface area contributed by atoms with Crippen LogP contribution in [0.4, 0.5) is 5.69 Å². The van der Waals surface area contributed by atoms with E-state index < -0.39 is 11.9 Å². The number of benzene rings is 2. The van der Waals surface area contributed by atoms with Crippen molar-refractivity contribution in [2.24, 2.45) is 0 Å². The summed E-state index contributed by atoms with van der Waals surface area (Å²) >= 11 is 5.81. The number of carboxylic acids is 1. The molecule has 0 bridgehead atoms. The maximum absolute atomic E-state index is 12.3. The molecule has 0 aliphatic carbocycles. The minimum atomic E-state index is -1.26. The summed E-state index contributed by atoms with van der Waals surface area (Å²) in [6.45, 7) is 1.75. The lowest BCUT2D eigenvalue weighted by atomic mass is 10.0. The number of anilines is 1. The lowest BCUT2D eigenvalue weighted by molar-refractivity contribution is -0.255. The second-order valence-electron chi connectivity index (χ2n) is 6.15. The van der Waals surface area contributed by atoms with Crippen LogP contribution in [0.1, 0.15) is 21.7 Å². The molecule has 0 atom stereocenters. The van der Waals surface area contributed by atoms with Gasteiger partial charge < -0.3 is 19.6 Å². The largest absolute Gasteiger partial charge is 0.545 e. The van der Waals surface area contributed by atoms with Crippen molar-refractivity contribution in [3.05, 3.63) is 82.1 Å². The first kappa shape index (κ1) is 19.9. The molecule has 7 heteroatoms. The van der Waals surface area contributed by atoms with Crippen molar-refractivity contribution >= 4 is 35.2 Å². The van der Waals surface area contributed by atoms with Gasteiger partial charge in [0.2, 0.25) is 0 Å². The highest BCUT2D eigenvalue weighted by Crippen LogP contribution is 2.27. The maximum Gasteiger partial charge on any atom is 0.266 e. The van der Waals surface area contributed by atoms with Crippen LogP contribution in [0.2, 0.25) is 5.02 Å².